The minimum absolute atomic E-state index is 0.139. The molecule has 0 aliphatic rings. The van der Waals surface area contributed by atoms with E-state index in [1.807, 2.05) is 36.9 Å². The van der Waals surface area contributed by atoms with Gasteiger partial charge in [0.25, 0.3) is 0 Å². The maximum atomic E-state index is 6.37. The topological polar surface area (TPSA) is 35.6 Å². The zero-order chi connectivity index (χ0) is 15.3. The molecule has 0 aromatic carbocycles. The molecule has 2 atom stereocenters. The second-order valence-corrected chi connectivity index (χ2v) is 7.44. The van der Waals surface area contributed by atoms with E-state index in [4.69, 9.17) is 16.6 Å². The Kier molecular flexibility index (Phi) is 3.58. The number of imidazole rings is 1. The van der Waals surface area contributed by atoms with Crippen molar-refractivity contribution in [2.75, 3.05) is 0 Å². The summed E-state index contributed by atoms with van der Waals surface area (Å²) >= 11 is 8.18. The third kappa shape index (κ3) is 2.28. The summed E-state index contributed by atoms with van der Waals surface area (Å²) in [5.74, 6) is 0.904. The zero-order valence-corrected chi connectivity index (χ0v) is 14.5. The van der Waals surface area contributed by atoms with E-state index in [-0.39, 0.29) is 11.4 Å². The molecular formula is C15H19ClN4S. The Morgan fingerprint density at radius 3 is 2.52 bits per heavy atom. The third-order valence-corrected chi connectivity index (χ3v) is 5.14. The molecule has 6 heteroatoms. The quantitative estimate of drug-likeness (QED) is 0.672. The lowest BCUT2D eigenvalue weighted by Gasteiger charge is -2.17. The lowest BCUT2D eigenvalue weighted by atomic mass is 10.2. The summed E-state index contributed by atoms with van der Waals surface area (Å²) in [6.45, 7) is 8.28. The predicted molar refractivity (Wildman–Crippen MR) is 88.4 cm³/mol. The van der Waals surface area contributed by atoms with Gasteiger partial charge in [0, 0.05) is 16.8 Å². The summed E-state index contributed by atoms with van der Waals surface area (Å²) in [7, 11) is 1.96. The molecular weight excluding hydrogens is 304 g/mol. The minimum atomic E-state index is -0.139. The van der Waals surface area contributed by atoms with E-state index < -0.39 is 0 Å². The minimum Gasteiger partial charge on any atom is -0.303 e. The Labute approximate surface area is 133 Å². The predicted octanol–water partition coefficient (Wildman–Crippen LogP) is 4.36. The van der Waals surface area contributed by atoms with Crippen molar-refractivity contribution in [3.8, 4) is 0 Å². The first-order valence-corrected chi connectivity index (χ1v) is 8.27. The van der Waals surface area contributed by atoms with Gasteiger partial charge in [-0.1, -0.05) is 0 Å². The van der Waals surface area contributed by atoms with E-state index in [1.165, 1.54) is 9.75 Å². The van der Waals surface area contributed by atoms with Gasteiger partial charge in [-0.05, 0) is 39.8 Å². The molecule has 0 radical (unpaired) electrons. The summed E-state index contributed by atoms with van der Waals surface area (Å²) in [6.07, 6.45) is 0. The van der Waals surface area contributed by atoms with Crippen molar-refractivity contribution in [1.82, 2.24) is 19.3 Å². The van der Waals surface area contributed by atoms with E-state index in [0.29, 0.717) is 0 Å². The van der Waals surface area contributed by atoms with E-state index in [1.54, 1.807) is 0 Å². The number of fused-ring (bicyclic) bond motifs is 1. The van der Waals surface area contributed by atoms with Crippen molar-refractivity contribution in [3.63, 3.8) is 0 Å². The third-order valence-electron chi connectivity index (χ3n) is 3.78. The Morgan fingerprint density at radius 1 is 1.24 bits per heavy atom. The number of thiophene rings is 1. The van der Waals surface area contributed by atoms with E-state index >= 15 is 0 Å². The second-order valence-electron chi connectivity index (χ2n) is 5.46. The fraction of sp³-hybridized carbons (Fsp3) is 0.467. The van der Waals surface area contributed by atoms with Crippen LogP contribution in [0.2, 0.25) is 0 Å². The van der Waals surface area contributed by atoms with Crippen LogP contribution in [0.5, 0.6) is 0 Å². The van der Waals surface area contributed by atoms with Crippen LogP contribution < -0.4 is 0 Å². The van der Waals surface area contributed by atoms with Gasteiger partial charge in [0.1, 0.15) is 11.3 Å². The number of hydrogen-bond acceptors (Lipinski definition) is 3. The molecule has 4 nitrogen and oxygen atoms in total. The Balaban J connectivity index is 2.26. The van der Waals surface area contributed by atoms with Crippen LogP contribution in [0.1, 0.15) is 46.5 Å². The molecule has 0 aliphatic heterocycles. The highest BCUT2D eigenvalue weighted by Crippen LogP contribution is 2.34. The average molecular weight is 323 g/mol. The van der Waals surface area contributed by atoms with E-state index in [9.17, 15) is 0 Å². The first-order chi connectivity index (χ1) is 9.90. The maximum Gasteiger partial charge on any atom is 0.159 e. The fourth-order valence-electron chi connectivity index (χ4n) is 2.78. The summed E-state index contributed by atoms with van der Waals surface area (Å²) in [5.41, 5.74) is 2.92. The Bertz CT molecular complexity index is 796. The number of hydrogen-bond donors (Lipinski definition) is 0. The van der Waals surface area contributed by atoms with Gasteiger partial charge in [-0.3, -0.25) is 4.68 Å². The molecule has 0 bridgehead atoms. The van der Waals surface area contributed by atoms with Crippen molar-refractivity contribution in [1.29, 1.82) is 0 Å². The number of aromatic nitrogens is 4. The molecule has 3 rings (SSSR count). The van der Waals surface area contributed by atoms with E-state index in [0.717, 1.165) is 22.7 Å². The van der Waals surface area contributed by atoms with Crippen molar-refractivity contribution in [3.05, 3.63) is 33.4 Å². The normalized spacial score (nSPS) is 14.8. The molecule has 0 spiro atoms. The monoisotopic (exact) mass is 322 g/mol. The van der Waals surface area contributed by atoms with Crippen molar-refractivity contribution >= 4 is 34.1 Å². The number of nitrogens with zero attached hydrogens (tertiary/aromatic N) is 4. The van der Waals surface area contributed by atoms with Crippen LogP contribution >= 0.6 is 22.9 Å². The highest BCUT2D eigenvalue weighted by molar-refractivity contribution is 7.12. The van der Waals surface area contributed by atoms with Crippen LogP contribution in [0.25, 0.3) is 11.2 Å². The van der Waals surface area contributed by atoms with Gasteiger partial charge in [-0.2, -0.15) is 5.10 Å². The van der Waals surface area contributed by atoms with Crippen molar-refractivity contribution in [2.24, 2.45) is 7.05 Å². The number of alkyl halides is 1. The molecule has 2 unspecified atom stereocenters. The molecule has 3 aromatic heterocycles. The van der Waals surface area contributed by atoms with Crippen LogP contribution in [0.15, 0.2) is 12.1 Å². The molecule has 0 N–H and O–H groups in total. The van der Waals surface area contributed by atoms with Gasteiger partial charge >= 0.3 is 0 Å². The molecule has 112 valence electrons. The highest BCUT2D eigenvalue weighted by Gasteiger charge is 2.24. The second kappa shape index (κ2) is 5.14. The van der Waals surface area contributed by atoms with Gasteiger partial charge in [-0.15, -0.1) is 22.9 Å². The molecule has 0 saturated heterocycles. The smallest absolute Gasteiger partial charge is 0.159 e. The molecule has 3 heterocycles. The summed E-state index contributed by atoms with van der Waals surface area (Å²) < 4.78 is 4.12. The van der Waals surface area contributed by atoms with Gasteiger partial charge in [0.15, 0.2) is 5.65 Å². The van der Waals surface area contributed by atoms with Crippen molar-refractivity contribution < 1.29 is 0 Å². The molecule has 0 fully saturated rings. The Morgan fingerprint density at radius 2 is 1.95 bits per heavy atom. The van der Waals surface area contributed by atoms with Crippen LogP contribution in [0.3, 0.4) is 0 Å². The highest BCUT2D eigenvalue weighted by atomic mass is 35.5. The average Bonchev–Trinajstić information content (AvgIpc) is 3.06. The van der Waals surface area contributed by atoms with Crippen LogP contribution in [-0.2, 0) is 7.05 Å². The molecule has 21 heavy (non-hydrogen) atoms. The van der Waals surface area contributed by atoms with Gasteiger partial charge < -0.3 is 4.57 Å². The van der Waals surface area contributed by atoms with Crippen LogP contribution in [0.4, 0.5) is 0 Å². The number of aryl methyl sites for hydroxylation is 3. The first-order valence-electron chi connectivity index (χ1n) is 7.02. The SMILES string of the molecule is Cc1ccc(C(C)n2c(C(C)Cl)nc3c(C)nn(C)c32)s1. The summed E-state index contributed by atoms with van der Waals surface area (Å²) in [4.78, 5) is 7.36. The maximum absolute atomic E-state index is 6.37. The molecule has 3 aromatic rings. The van der Waals surface area contributed by atoms with Crippen molar-refractivity contribution in [2.45, 2.75) is 39.1 Å². The number of rotatable bonds is 3. The van der Waals surface area contributed by atoms with E-state index in [2.05, 4.69) is 35.6 Å². The lowest BCUT2D eigenvalue weighted by molar-refractivity contribution is 0.603. The molecule has 0 amide bonds. The lowest BCUT2D eigenvalue weighted by Crippen LogP contribution is -2.12. The van der Waals surface area contributed by atoms with Gasteiger partial charge in [-0.25, -0.2) is 4.98 Å². The molecule has 0 aliphatic carbocycles. The fourth-order valence-corrected chi connectivity index (χ4v) is 3.85. The van der Waals surface area contributed by atoms with Crippen LogP contribution in [-0.4, -0.2) is 19.3 Å². The zero-order valence-electron chi connectivity index (χ0n) is 12.9. The number of halogens is 1. The van der Waals surface area contributed by atoms with Gasteiger partial charge in [0.2, 0.25) is 0 Å². The standard InChI is InChI=1S/C15H19ClN4S/c1-8-6-7-12(21-8)11(4)20-14(9(2)16)17-13-10(3)18-19(5)15(13)20/h6-7,9,11H,1-5H3. The largest absolute Gasteiger partial charge is 0.303 e. The summed E-state index contributed by atoms with van der Waals surface area (Å²) in [5, 5.41) is 4.35. The summed E-state index contributed by atoms with van der Waals surface area (Å²) in [6, 6.07) is 4.53. The van der Waals surface area contributed by atoms with Gasteiger partial charge in [0.05, 0.1) is 17.1 Å². The molecule has 0 saturated carbocycles. The first kappa shape index (κ1) is 14.6. The Hall–Kier alpha value is -1.33. The van der Waals surface area contributed by atoms with Crippen LogP contribution in [0, 0.1) is 13.8 Å².